The van der Waals surface area contributed by atoms with Crippen molar-refractivity contribution in [3.63, 3.8) is 0 Å². The smallest absolute Gasteiger partial charge is 0.336 e. The standard InChI is InChI=1S/C23H15N3O4/c27-22-13-19(15-4-2-1-3-5-15)18-7-6-17(12-20(18)29-22)28-14-21-25-23(26-30-21)16-8-10-24-11-9-16/h1-13H,14H2. The highest BCUT2D eigenvalue weighted by Crippen LogP contribution is 2.29. The van der Waals surface area contributed by atoms with E-state index in [2.05, 4.69) is 15.1 Å². The lowest BCUT2D eigenvalue weighted by Gasteiger charge is -2.08. The molecule has 0 fully saturated rings. The average molecular weight is 397 g/mol. The second-order valence-electron chi connectivity index (χ2n) is 6.54. The van der Waals surface area contributed by atoms with E-state index in [1.165, 1.54) is 6.07 Å². The van der Waals surface area contributed by atoms with Crippen molar-refractivity contribution in [2.45, 2.75) is 6.61 Å². The molecule has 0 bridgehead atoms. The minimum absolute atomic E-state index is 0.0895. The summed E-state index contributed by atoms with van der Waals surface area (Å²) in [6.45, 7) is 0.0895. The molecule has 0 saturated carbocycles. The summed E-state index contributed by atoms with van der Waals surface area (Å²) in [4.78, 5) is 20.4. The molecule has 0 aliphatic rings. The topological polar surface area (TPSA) is 91.2 Å². The van der Waals surface area contributed by atoms with Crippen molar-refractivity contribution < 1.29 is 13.7 Å². The fraction of sp³-hybridized carbons (Fsp3) is 0.0435. The Kier molecular flexibility index (Phi) is 4.53. The summed E-state index contributed by atoms with van der Waals surface area (Å²) in [5.41, 5.74) is 2.59. The van der Waals surface area contributed by atoms with E-state index in [-0.39, 0.29) is 6.61 Å². The number of ether oxygens (including phenoxy) is 1. The number of aromatic nitrogens is 3. The summed E-state index contributed by atoms with van der Waals surface area (Å²) < 4.78 is 16.4. The Hall–Kier alpha value is -4.26. The van der Waals surface area contributed by atoms with Gasteiger partial charge in [0.2, 0.25) is 5.82 Å². The van der Waals surface area contributed by atoms with Gasteiger partial charge in [0.15, 0.2) is 6.61 Å². The van der Waals surface area contributed by atoms with Crippen molar-refractivity contribution >= 4 is 11.0 Å². The van der Waals surface area contributed by atoms with Crippen molar-refractivity contribution in [1.82, 2.24) is 15.1 Å². The predicted molar refractivity (Wildman–Crippen MR) is 110 cm³/mol. The summed E-state index contributed by atoms with van der Waals surface area (Å²) in [6.07, 6.45) is 3.32. The van der Waals surface area contributed by atoms with Crippen LogP contribution >= 0.6 is 0 Å². The van der Waals surface area contributed by atoms with Crippen LogP contribution in [0.1, 0.15) is 5.89 Å². The van der Waals surface area contributed by atoms with Gasteiger partial charge < -0.3 is 13.7 Å². The Morgan fingerprint density at radius 2 is 1.73 bits per heavy atom. The molecular formula is C23H15N3O4. The molecule has 0 spiro atoms. The number of rotatable bonds is 5. The molecule has 2 aromatic carbocycles. The summed E-state index contributed by atoms with van der Waals surface area (Å²) in [5.74, 6) is 1.33. The monoisotopic (exact) mass is 397 g/mol. The minimum Gasteiger partial charge on any atom is -0.484 e. The van der Waals surface area contributed by atoms with Crippen molar-refractivity contribution in [2.75, 3.05) is 0 Å². The first-order valence-electron chi connectivity index (χ1n) is 9.25. The third-order valence-electron chi connectivity index (χ3n) is 4.57. The lowest BCUT2D eigenvalue weighted by Crippen LogP contribution is -1.99. The quantitative estimate of drug-likeness (QED) is 0.404. The van der Waals surface area contributed by atoms with Gasteiger partial charge in [0.25, 0.3) is 5.89 Å². The van der Waals surface area contributed by atoms with Gasteiger partial charge in [0.1, 0.15) is 11.3 Å². The summed E-state index contributed by atoms with van der Waals surface area (Å²) in [5, 5.41) is 4.78. The second-order valence-corrected chi connectivity index (χ2v) is 6.54. The second kappa shape index (κ2) is 7.63. The zero-order valence-corrected chi connectivity index (χ0v) is 15.7. The van der Waals surface area contributed by atoms with Gasteiger partial charge in [-0.05, 0) is 35.4 Å². The summed E-state index contributed by atoms with van der Waals surface area (Å²) in [7, 11) is 0. The van der Waals surface area contributed by atoms with Gasteiger partial charge in [0, 0.05) is 35.5 Å². The number of pyridine rings is 1. The van der Waals surface area contributed by atoms with E-state index in [1.807, 2.05) is 42.5 Å². The van der Waals surface area contributed by atoms with Crippen LogP contribution in [0.5, 0.6) is 5.75 Å². The van der Waals surface area contributed by atoms with Crippen molar-refractivity contribution in [3.05, 3.63) is 95.4 Å². The first kappa shape index (κ1) is 17.8. The lowest BCUT2D eigenvalue weighted by atomic mass is 10.0. The van der Waals surface area contributed by atoms with Crippen molar-refractivity contribution in [1.29, 1.82) is 0 Å². The molecule has 3 heterocycles. The fourth-order valence-corrected chi connectivity index (χ4v) is 3.17. The molecule has 5 rings (SSSR count). The molecule has 0 N–H and O–H groups in total. The van der Waals surface area contributed by atoms with Crippen LogP contribution in [0.3, 0.4) is 0 Å². The van der Waals surface area contributed by atoms with E-state index < -0.39 is 5.63 Å². The number of fused-ring (bicyclic) bond motifs is 1. The molecule has 146 valence electrons. The molecule has 0 unspecified atom stereocenters. The highest BCUT2D eigenvalue weighted by Gasteiger charge is 2.11. The third-order valence-corrected chi connectivity index (χ3v) is 4.57. The molecule has 0 aliphatic carbocycles. The van der Waals surface area contributed by atoms with Gasteiger partial charge in [-0.1, -0.05) is 35.5 Å². The van der Waals surface area contributed by atoms with Gasteiger partial charge in [-0.25, -0.2) is 4.79 Å². The third kappa shape index (κ3) is 3.56. The molecule has 5 aromatic rings. The van der Waals surface area contributed by atoms with Crippen molar-refractivity contribution in [2.24, 2.45) is 0 Å². The van der Waals surface area contributed by atoms with E-state index >= 15 is 0 Å². The van der Waals surface area contributed by atoms with E-state index in [1.54, 1.807) is 30.6 Å². The molecule has 7 heteroatoms. The largest absolute Gasteiger partial charge is 0.484 e. The van der Waals surface area contributed by atoms with Crippen molar-refractivity contribution in [3.8, 4) is 28.3 Å². The first-order chi connectivity index (χ1) is 14.8. The molecule has 0 atom stereocenters. The zero-order chi connectivity index (χ0) is 20.3. The molecule has 0 aliphatic heterocycles. The number of nitrogens with zero attached hydrogens (tertiary/aromatic N) is 3. The van der Waals surface area contributed by atoms with Crippen LogP contribution in [-0.4, -0.2) is 15.1 Å². The Bertz CT molecular complexity index is 1360. The van der Waals surface area contributed by atoms with Crippen LogP contribution in [0.25, 0.3) is 33.5 Å². The van der Waals surface area contributed by atoms with Gasteiger partial charge in [-0.3, -0.25) is 4.98 Å². The molecule has 0 saturated heterocycles. The molecule has 0 radical (unpaired) electrons. The fourth-order valence-electron chi connectivity index (χ4n) is 3.17. The molecular weight excluding hydrogens is 382 g/mol. The number of hydrogen-bond acceptors (Lipinski definition) is 7. The van der Waals surface area contributed by atoms with Crippen LogP contribution < -0.4 is 10.4 Å². The van der Waals surface area contributed by atoms with Crippen LogP contribution in [0.4, 0.5) is 0 Å². The van der Waals surface area contributed by atoms with Gasteiger partial charge in [-0.2, -0.15) is 4.98 Å². The maximum absolute atomic E-state index is 12.1. The number of benzene rings is 2. The average Bonchev–Trinajstić information content (AvgIpc) is 3.27. The Balaban J connectivity index is 1.40. The van der Waals surface area contributed by atoms with Gasteiger partial charge in [-0.15, -0.1) is 0 Å². The molecule has 30 heavy (non-hydrogen) atoms. The lowest BCUT2D eigenvalue weighted by molar-refractivity contribution is 0.243. The van der Waals surface area contributed by atoms with Crippen LogP contribution in [0, 0.1) is 0 Å². The predicted octanol–water partition coefficient (Wildman–Crippen LogP) is 4.48. The first-order valence-corrected chi connectivity index (χ1v) is 9.25. The number of hydrogen-bond donors (Lipinski definition) is 0. The minimum atomic E-state index is -0.419. The van der Waals surface area contributed by atoms with E-state index in [4.69, 9.17) is 13.7 Å². The Morgan fingerprint density at radius 3 is 2.57 bits per heavy atom. The zero-order valence-electron chi connectivity index (χ0n) is 15.7. The van der Waals surface area contributed by atoms with Crippen LogP contribution in [0.15, 0.2) is 92.9 Å². The van der Waals surface area contributed by atoms with Gasteiger partial charge in [0.05, 0.1) is 0 Å². The molecule has 7 nitrogen and oxygen atoms in total. The molecule has 0 amide bonds. The maximum Gasteiger partial charge on any atom is 0.336 e. The van der Waals surface area contributed by atoms with E-state index in [0.29, 0.717) is 23.0 Å². The van der Waals surface area contributed by atoms with E-state index in [0.717, 1.165) is 22.1 Å². The van der Waals surface area contributed by atoms with Gasteiger partial charge >= 0.3 is 5.63 Å². The Labute approximate surface area is 170 Å². The maximum atomic E-state index is 12.1. The molecule has 3 aromatic heterocycles. The van der Waals surface area contributed by atoms with Crippen LogP contribution in [-0.2, 0) is 6.61 Å². The summed E-state index contributed by atoms with van der Waals surface area (Å²) in [6, 6.07) is 20.2. The normalized spacial score (nSPS) is 10.9. The summed E-state index contributed by atoms with van der Waals surface area (Å²) >= 11 is 0. The highest BCUT2D eigenvalue weighted by atomic mass is 16.5. The van der Waals surface area contributed by atoms with Crippen LogP contribution in [0.2, 0.25) is 0 Å². The van der Waals surface area contributed by atoms with E-state index in [9.17, 15) is 4.79 Å². The Morgan fingerprint density at radius 1 is 0.900 bits per heavy atom. The SMILES string of the molecule is O=c1cc(-c2ccccc2)c2ccc(OCc3nc(-c4ccncc4)no3)cc2o1. The highest BCUT2D eigenvalue weighted by molar-refractivity contribution is 5.93.